The number of ether oxygens (including phenoxy) is 1. The molecule has 7 heteroatoms. The molecule has 1 aromatic heterocycles. The zero-order chi connectivity index (χ0) is 15.5. The maximum atomic E-state index is 12.5. The number of aryl methyl sites for hydroxylation is 1. The fraction of sp³-hybridized carbons (Fsp3) is 0.214. The number of hydrogen-bond acceptors (Lipinski definition) is 5. The van der Waals surface area contributed by atoms with Crippen molar-refractivity contribution in [3.63, 3.8) is 0 Å². The third-order valence-electron chi connectivity index (χ3n) is 2.88. The number of sulfonamides is 1. The van der Waals surface area contributed by atoms with Gasteiger partial charge in [0.05, 0.1) is 7.11 Å². The third kappa shape index (κ3) is 3.50. The van der Waals surface area contributed by atoms with Crippen LogP contribution in [0, 0.1) is 6.92 Å². The minimum absolute atomic E-state index is 0.0382. The molecule has 1 heterocycles. The number of rotatable bonds is 5. The molecule has 6 nitrogen and oxygen atoms in total. The standard InChI is InChI=1S/C14H17N3O3S/c1-10-4-3-5-14(16-10)17-21(18,19)13-8-11(9-15)6-7-12(13)20-2/h3-8H,9,15H2,1-2H3,(H,16,17). The molecule has 0 aliphatic carbocycles. The second kappa shape index (κ2) is 6.11. The van der Waals surface area contributed by atoms with Gasteiger partial charge in [0, 0.05) is 12.2 Å². The van der Waals surface area contributed by atoms with E-state index in [1.807, 2.05) is 0 Å². The summed E-state index contributed by atoms with van der Waals surface area (Å²) in [6, 6.07) is 9.91. The molecule has 2 rings (SSSR count). The van der Waals surface area contributed by atoms with Gasteiger partial charge in [-0.05, 0) is 36.8 Å². The fourth-order valence-electron chi connectivity index (χ4n) is 1.85. The summed E-state index contributed by atoms with van der Waals surface area (Å²) in [6.45, 7) is 2.03. The van der Waals surface area contributed by atoms with Gasteiger partial charge in [0.25, 0.3) is 10.0 Å². The first kappa shape index (κ1) is 15.3. The molecule has 1 aromatic carbocycles. The topological polar surface area (TPSA) is 94.3 Å². The number of anilines is 1. The molecule has 0 saturated carbocycles. The van der Waals surface area contributed by atoms with E-state index >= 15 is 0 Å². The molecule has 0 bridgehead atoms. The Morgan fingerprint density at radius 1 is 1.29 bits per heavy atom. The van der Waals surface area contributed by atoms with Crippen molar-refractivity contribution >= 4 is 15.8 Å². The lowest BCUT2D eigenvalue weighted by Crippen LogP contribution is -2.15. The van der Waals surface area contributed by atoms with E-state index in [1.165, 1.54) is 13.2 Å². The SMILES string of the molecule is COc1ccc(CN)cc1S(=O)(=O)Nc1cccc(C)n1. The van der Waals surface area contributed by atoms with Gasteiger partial charge in [-0.2, -0.15) is 0 Å². The Kier molecular flexibility index (Phi) is 4.44. The maximum absolute atomic E-state index is 12.5. The number of nitrogens with two attached hydrogens (primary N) is 1. The van der Waals surface area contributed by atoms with Crippen LogP contribution in [0.25, 0.3) is 0 Å². The van der Waals surface area contributed by atoms with E-state index in [2.05, 4.69) is 9.71 Å². The lowest BCUT2D eigenvalue weighted by atomic mass is 10.2. The Balaban J connectivity index is 2.43. The molecule has 3 N–H and O–H groups in total. The van der Waals surface area contributed by atoms with Crippen LogP contribution >= 0.6 is 0 Å². The van der Waals surface area contributed by atoms with E-state index in [1.54, 1.807) is 37.3 Å². The summed E-state index contributed by atoms with van der Waals surface area (Å²) in [6.07, 6.45) is 0. The van der Waals surface area contributed by atoms with Crippen LogP contribution < -0.4 is 15.2 Å². The second-order valence-electron chi connectivity index (χ2n) is 4.46. The summed E-state index contributed by atoms with van der Waals surface area (Å²) in [4.78, 5) is 4.16. The van der Waals surface area contributed by atoms with Crippen molar-refractivity contribution in [2.75, 3.05) is 11.8 Å². The molecule has 0 fully saturated rings. The van der Waals surface area contributed by atoms with Crippen molar-refractivity contribution in [2.45, 2.75) is 18.4 Å². The van der Waals surface area contributed by atoms with E-state index in [4.69, 9.17) is 10.5 Å². The smallest absolute Gasteiger partial charge is 0.266 e. The fourth-order valence-corrected chi connectivity index (χ4v) is 3.07. The van der Waals surface area contributed by atoms with Crippen LogP contribution in [0.5, 0.6) is 5.75 Å². The maximum Gasteiger partial charge on any atom is 0.266 e. The quantitative estimate of drug-likeness (QED) is 0.876. The van der Waals surface area contributed by atoms with Crippen molar-refractivity contribution in [1.82, 2.24) is 4.98 Å². The number of benzene rings is 1. The summed E-state index contributed by atoms with van der Waals surface area (Å²) in [5, 5.41) is 0. The lowest BCUT2D eigenvalue weighted by Gasteiger charge is -2.12. The number of nitrogens with zero attached hydrogens (tertiary/aromatic N) is 1. The summed E-state index contributed by atoms with van der Waals surface area (Å²) in [7, 11) is -2.38. The first-order valence-corrected chi connectivity index (χ1v) is 7.78. The molecule has 0 unspecified atom stereocenters. The first-order valence-electron chi connectivity index (χ1n) is 6.30. The van der Waals surface area contributed by atoms with Gasteiger partial charge in [0.2, 0.25) is 0 Å². The van der Waals surface area contributed by atoms with Crippen molar-refractivity contribution in [3.8, 4) is 5.75 Å². The Morgan fingerprint density at radius 2 is 2.05 bits per heavy atom. The molecule has 112 valence electrons. The zero-order valence-electron chi connectivity index (χ0n) is 11.8. The van der Waals surface area contributed by atoms with E-state index in [0.717, 1.165) is 5.69 Å². The van der Waals surface area contributed by atoms with Gasteiger partial charge in [0.1, 0.15) is 16.5 Å². The van der Waals surface area contributed by atoms with Crippen LogP contribution in [0.2, 0.25) is 0 Å². The van der Waals surface area contributed by atoms with Gasteiger partial charge in [-0.25, -0.2) is 13.4 Å². The Bertz CT molecular complexity index is 745. The van der Waals surface area contributed by atoms with Gasteiger partial charge in [0.15, 0.2) is 0 Å². The Morgan fingerprint density at radius 3 is 2.67 bits per heavy atom. The van der Waals surface area contributed by atoms with Crippen molar-refractivity contribution in [2.24, 2.45) is 5.73 Å². The number of aromatic nitrogens is 1. The normalized spacial score (nSPS) is 11.2. The molecular formula is C14H17N3O3S. The highest BCUT2D eigenvalue weighted by Gasteiger charge is 2.20. The molecule has 2 aromatic rings. The number of methoxy groups -OCH3 is 1. The van der Waals surface area contributed by atoms with Gasteiger partial charge in [-0.3, -0.25) is 4.72 Å². The van der Waals surface area contributed by atoms with E-state index in [9.17, 15) is 8.42 Å². The van der Waals surface area contributed by atoms with Crippen LogP contribution in [0.3, 0.4) is 0 Å². The third-order valence-corrected chi connectivity index (χ3v) is 4.26. The zero-order valence-corrected chi connectivity index (χ0v) is 12.6. The van der Waals surface area contributed by atoms with E-state index in [-0.39, 0.29) is 23.0 Å². The lowest BCUT2D eigenvalue weighted by molar-refractivity contribution is 0.402. The number of pyridine rings is 1. The number of hydrogen-bond donors (Lipinski definition) is 2. The average Bonchev–Trinajstić information content (AvgIpc) is 2.46. The van der Waals surface area contributed by atoms with E-state index < -0.39 is 10.0 Å². The molecule has 0 saturated heterocycles. The van der Waals surface area contributed by atoms with Crippen LogP contribution in [-0.4, -0.2) is 20.5 Å². The second-order valence-corrected chi connectivity index (χ2v) is 6.11. The van der Waals surface area contributed by atoms with Crippen LogP contribution in [-0.2, 0) is 16.6 Å². The molecule has 0 aliphatic heterocycles. The van der Waals surface area contributed by atoms with Gasteiger partial charge in [-0.1, -0.05) is 12.1 Å². The molecular weight excluding hydrogens is 290 g/mol. The van der Waals surface area contributed by atoms with Gasteiger partial charge < -0.3 is 10.5 Å². The van der Waals surface area contributed by atoms with Crippen LogP contribution in [0.4, 0.5) is 5.82 Å². The van der Waals surface area contributed by atoms with Gasteiger partial charge in [-0.15, -0.1) is 0 Å². The minimum Gasteiger partial charge on any atom is -0.495 e. The summed E-state index contributed by atoms with van der Waals surface area (Å²) >= 11 is 0. The molecule has 0 amide bonds. The molecule has 0 radical (unpaired) electrons. The molecule has 0 spiro atoms. The first-order chi connectivity index (χ1) is 9.96. The Hall–Kier alpha value is -2.12. The molecule has 21 heavy (non-hydrogen) atoms. The highest BCUT2D eigenvalue weighted by atomic mass is 32.2. The van der Waals surface area contributed by atoms with Crippen molar-refractivity contribution < 1.29 is 13.2 Å². The Labute approximate surface area is 124 Å². The minimum atomic E-state index is -3.80. The highest BCUT2D eigenvalue weighted by Crippen LogP contribution is 2.26. The van der Waals surface area contributed by atoms with Crippen LogP contribution in [0.1, 0.15) is 11.3 Å². The molecule has 0 atom stereocenters. The summed E-state index contributed by atoms with van der Waals surface area (Å²) in [5.41, 5.74) is 6.98. The monoisotopic (exact) mass is 307 g/mol. The summed E-state index contributed by atoms with van der Waals surface area (Å²) < 4.78 is 32.5. The van der Waals surface area contributed by atoms with Crippen molar-refractivity contribution in [3.05, 3.63) is 47.7 Å². The average molecular weight is 307 g/mol. The predicted octanol–water partition coefficient (Wildman–Crippen LogP) is 1.66. The predicted molar refractivity (Wildman–Crippen MR) is 80.7 cm³/mol. The van der Waals surface area contributed by atoms with E-state index in [0.29, 0.717) is 5.56 Å². The largest absolute Gasteiger partial charge is 0.495 e. The number of nitrogens with one attached hydrogen (secondary N) is 1. The van der Waals surface area contributed by atoms with Crippen LogP contribution in [0.15, 0.2) is 41.3 Å². The van der Waals surface area contributed by atoms with Crippen molar-refractivity contribution in [1.29, 1.82) is 0 Å². The molecule has 0 aliphatic rings. The summed E-state index contributed by atoms with van der Waals surface area (Å²) in [5.74, 6) is 0.516. The highest BCUT2D eigenvalue weighted by molar-refractivity contribution is 7.92. The van der Waals surface area contributed by atoms with Gasteiger partial charge >= 0.3 is 0 Å².